The minimum atomic E-state index is -0.428. The first-order chi connectivity index (χ1) is 15.5. The third kappa shape index (κ3) is 3.36. The van der Waals surface area contributed by atoms with Crippen LogP contribution in [0.2, 0.25) is 0 Å². The molecule has 5 aromatic rings. The molecule has 0 radical (unpaired) electrons. The monoisotopic (exact) mass is 423 g/mol. The number of halogens is 1. The Hall–Kier alpha value is -4.16. The first kappa shape index (κ1) is 19.8. The van der Waals surface area contributed by atoms with Crippen LogP contribution in [0.4, 0.5) is 4.39 Å². The molecule has 0 fully saturated rings. The molecule has 0 saturated carbocycles. The van der Waals surface area contributed by atoms with Crippen LogP contribution in [-0.4, -0.2) is 27.5 Å². The summed E-state index contributed by atoms with van der Waals surface area (Å²) in [5.41, 5.74) is 8.66. The Bertz CT molecular complexity index is 1500. The fourth-order valence-corrected chi connectivity index (χ4v) is 3.86. The summed E-state index contributed by atoms with van der Waals surface area (Å²) in [6.07, 6.45) is 1.53. The zero-order valence-electron chi connectivity index (χ0n) is 17.0. The van der Waals surface area contributed by atoms with Crippen LogP contribution < -0.4 is 5.73 Å². The van der Waals surface area contributed by atoms with Gasteiger partial charge in [0, 0.05) is 16.7 Å². The van der Waals surface area contributed by atoms with E-state index < -0.39 is 5.82 Å². The van der Waals surface area contributed by atoms with Crippen LogP contribution in [0, 0.1) is 5.82 Å². The van der Waals surface area contributed by atoms with Crippen LogP contribution in [0.5, 0.6) is 0 Å². The van der Waals surface area contributed by atoms with E-state index >= 15 is 0 Å². The Balaban J connectivity index is 1.66. The maximum atomic E-state index is 13.3. The van der Waals surface area contributed by atoms with Gasteiger partial charge < -0.3 is 5.73 Å². The van der Waals surface area contributed by atoms with Gasteiger partial charge in [-0.3, -0.25) is 14.0 Å². The molecule has 2 aromatic heterocycles. The predicted octanol–water partition coefficient (Wildman–Crippen LogP) is 4.67. The lowest BCUT2D eigenvalue weighted by molar-refractivity contribution is 0.100. The highest BCUT2D eigenvalue weighted by atomic mass is 19.1. The van der Waals surface area contributed by atoms with Crippen LogP contribution in [0.1, 0.15) is 26.4 Å². The molecule has 0 aliphatic rings. The summed E-state index contributed by atoms with van der Waals surface area (Å²) in [4.78, 5) is 30.2. The third-order valence-corrected chi connectivity index (χ3v) is 5.53. The smallest absolute Gasteiger partial charge is 0.209 e. The number of carbonyl (C=O) groups is 2. The van der Waals surface area contributed by atoms with Crippen LogP contribution in [0.15, 0.2) is 85.2 Å². The van der Waals surface area contributed by atoms with Crippen molar-refractivity contribution in [3.05, 3.63) is 108 Å². The van der Waals surface area contributed by atoms with Crippen LogP contribution >= 0.6 is 0 Å². The first-order valence-corrected chi connectivity index (χ1v) is 10.1. The van der Waals surface area contributed by atoms with E-state index in [4.69, 9.17) is 5.73 Å². The summed E-state index contributed by atoms with van der Waals surface area (Å²) in [5, 5.41) is 2.19. The molecule has 2 heterocycles. The molecule has 0 atom stereocenters. The molecule has 0 aliphatic carbocycles. The summed E-state index contributed by atoms with van der Waals surface area (Å²) in [5.74, 6) is -1.05. The molecule has 32 heavy (non-hydrogen) atoms. The predicted molar refractivity (Wildman–Crippen MR) is 121 cm³/mol. The molecule has 0 aliphatic heterocycles. The number of benzene rings is 3. The number of rotatable bonds is 5. The molecule has 5 rings (SSSR count). The van der Waals surface area contributed by atoms with E-state index in [1.54, 1.807) is 10.5 Å². The second-order valence-corrected chi connectivity index (χ2v) is 7.50. The summed E-state index contributed by atoms with van der Waals surface area (Å²) >= 11 is 0. The van der Waals surface area contributed by atoms with E-state index in [0.29, 0.717) is 22.3 Å². The Morgan fingerprint density at radius 1 is 0.906 bits per heavy atom. The van der Waals surface area contributed by atoms with Gasteiger partial charge in [-0.25, -0.2) is 9.37 Å². The van der Waals surface area contributed by atoms with Crippen LogP contribution in [-0.2, 0) is 0 Å². The lowest BCUT2D eigenvalue weighted by atomic mass is 10.0. The SMILES string of the molecule is NCC(=O)c1cc(C(=O)c2ccc(F)cc2)n2cnc(-c3ccc4ccccc4c3)cc12. The largest absolute Gasteiger partial charge is 0.324 e. The standard InChI is InChI=1S/C26H18FN3O2/c27-20-9-7-17(8-10-20)26(32)24-12-21(25(31)14-28)23-13-22(29-15-30(23)24)19-6-5-16-3-1-2-4-18(16)11-19/h1-13,15H,14,28H2. The first-order valence-electron chi connectivity index (χ1n) is 10.1. The Morgan fingerprint density at radius 3 is 2.41 bits per heavy atom. The van der Waals surface area contributed by atoms with Crippen molar-refractivity contribution in [2.75, 3.05) is 6.54 Å². The Kier molecular flexibility index (Phi) is 4.84. The van der Waals surface area contributed by atoms with E-state index in [1.807, 2.05) is 42.5 Å². The Labute approximate surface area is 182 Å². The molecule has 3 aromatic carbocycles. The molecule has 0 bridgehead atoms. The van der Waals surface area contributed by atoms with Gasteiger partial charge in [-0.15, -0.1) is 0 Å². The molecule has 0 amide bonds. The third-order valence-electron chi connectivity index (χ3n) is 5.53. The van der Waals surface area contributed by atoms with Crippen LogP contribution in [0.3, 0.4) is 0 Å². The van der Waals surface area contributed by atoms with Gasteiger partial charge in [-0.05, 0) is 53.2 Å². The molecule has 0 spiro atoms. The van der Waals surface area contributed by atoms with Crippen molar-refractivity contribution in [3.8, 4) is 11.3 Å². The van der Waals surface area contributed by atoms with E-state index in [9.17, 15) is 14.0 Å². The van der Waals surface area contributed by atoms with Gasteiger partial charge in [0.1, 0.15) is 12.1 Å². The van der Waals surface area contributed by atoms with Crippen molar-refractivity contribution in [2.45, 2.75) is 0 Å². The van der Waals surface area contributed by atoms with E-state index in [2.05, 4.69) is 4.98 Å². The number of hydrogen-bond acceptors (Lipinski definition) is 4. The molecule has 6 heteroatoms. The van der Waals surface area contributed by atoms with Crippen molar-refractivity contribution in [3.63, 3.8) is 0 Å². The van der Waals surface area contributed by atoms with Crippen LogP contribution in [0.25, 0.3) is 27.5 Å². The van der Waals surface area contributed by atoms with Gasteiger partial charge in [0.2, 0.25) is 5.78 Å². The fraction of sp³-hybridized carbons (Fsp3) is 0.0385. The van der Waals surface area contributed by atoms with Gasteiger partial charge in [0.05, 0.1) is 23.4 Å². The summed E-state index contributed by atoms with van der Waals surface area (Å²) in [6.45, 7) is -0.183. The number of Topliss-reactive ketones (excluding diaryl/α,β-unsaturated/α-hetero) is 1. The molecule has 156 valence electrons. The van der Waals surface area contributed by atoms with E-state index in [-0.39, 0.29) is 23.8 Å². The minimum absolute atomic E-state index is 0.183. The summed E-state index contributed by atoms with van der Waals surface area (Å²) in [6, 6.07) is 22.6. The zero-order valence-corrected chi connectivity index (χ0v) is 17.0. The van der Waals surface area contributed by atoms with Crippen molar-refractivity contribution < 1.29 is 14.0 Å². The molecular weight excluding hydrogens is 405 g/mol. The highest BCUT2D eigenvalue weighted by Gasteiger charge is 2.21. The molecular formula is C26H18FN3O2. The number of nitrogens with zero attached hydrogens (tertiary/aromatic N) is 2. The second kappa shape index (κ2) is 7.83. The minimum Gasteiger partial charge on any atom is -0.324 e. The summed E-state index contributed by atoms with van der Waals surface area (Å²) in [7, 11) is 0. The van der Waals surface area contributed by atoms with Gasteiger partial charge in [-0.2, -0.15) is 0 Å². The van der Waals surface area contributed by atoms with Gasteiger partial charge in [0.25, 0.3) is 0 Å². The lowest BCUT2D eigenvalue weighted by Crippen LogP contribution is -2.13. The highest BCUT2D eigenvalue weighted by molar-refractivity contribution is 6.12. The van der Waals surface area contributed by atoms with Crippen molar-refractivity contribution in [1.82, 2.24) is 9.38 Å². The number of ketones is 2. The average Bonchev–Trinajstić information content (AvgIpc) is 3.22. The topological polar surface area (TPSA) is 77.5 Å². The van der Waals surface area contributed by atoms with Gasteiger partial charge in [0.15, 0.2) is 5.78 Å². The van der Waals surface area contributed by atoms with Gasteiger partial charge >= 0.3 is 0 Å². The zero-order chi connectivity index (χ0) is 22.2. The summed E-state index contributed by atoms with van der Waals surface area (Å²) < 4.78 is 14.9. The van der Waals surface area contributed by atoms with Crippen molar-refractivity contribution >= 4 is 27.9 Å². The normalized spacial score (nSPS) is 11.2. The van der Waals surface area contributed by atoms with E-state index in [1.165, 1.54) is 36.7 Å². The maximum Gasteiger partial charge on any atom is 0.209 e. The molecule has 5 nitrogen and oxygen atoms in total. The van der Waals surface area contributed by atoms with E-state index in [0.717, 1.165) is 16.3 Å². The van der Waals surface area contributed by atoms with Crippen molar-refractivity contribution in [1.29, 1.82) is 0 Å². The number of nitrogens with two attached hydrogens (primary N) is 1. The van der Waals surface area contributed by atoms with Gasteiger partial charge in [-0.1, -0.05) is 36.4 Å². The fourth-order valence-electron chi connectivity index (χ4n) is 3.86. The molecule has 2 N–H and O–H groups in total. The number of carbonyl (C=O) groups excluding carboxylic acids is 2. The lowest BCUT2D eigenvalue weighted by Gasteiger charge is -2.07. The number of hydrogen-bond donors (Lipinski definition) is 1. The maximum absolute atomic E-state index is 13.3. The second-order valence-electron chi connectivity index (χ2n) is 7.50. The highest BCUT2D eigenvalue weighted by Crippen LogP contribution is 2.27. The van der Waals surface area contributed by atoms with Crippen molar-refractivity contribution in [2.24, 2.45) is 5.73 Å². The average molecular weight is 423 g/mol. The quantitative estimate of drug-likeness (QED) is 0.417. The number of fused-ring (bicyclic) bond motifs is 2. The number of aromatic nitrogens is 2. The Morgan fingerprint density at radius 2 is 1.66 bits per heavy atom. The molecule has 0 unspecified atom stereocenters. The molecule has 0 saturated heterocycles.